The van der Waals surface area contributed by atoms with Gasteiger partial charge in [0.2, 0.25) is 0 Å². The Hall–Kier alpha value is -2.04. The number of phosphoric ester groups is 1. The van der Waals surface area contributed by atoms with Crippen LogP contribution in [0.5, 0.6) is 0 Å². The largest absolute Gasteiger partial charge is 0.480 e. The number of rotatable bonds is 38. The van der Waals surface area contributed by atoms with E-state index in [9.17, 15) is 23.8 Å². The fourth-order valence-corrected chi connectivity index (χ4v) is 6.21. The van der Waals surface area contributed by atoms with Crippen LogP contribution in [0.15, 0.2) is 24.3 Å². The summed E-state index contributed by atoms with van der Waals surface area (Å²) in [7, 11) is -4.71. The van der Waals surface area contributed by atoms with E-state index in [4.69, 9.17) is 24.8 Å². The molecule has 1 unspecified atom stereocenters. The number of unbranched alkanes of at least 4 members (excludes halogenated alkanes) is 20. The maximum Gasteiger partial charge on any atom is 0.472 e. The molecular weight excluding hydrogens is 685 g/mol. The Morgan fingerprint density at radius 1 is 0.596 bits per heavy atom. The van der Waals surface area contributed by atoms with Gasteiger partial charge in [0.15, 0.2) is 6.10 Å². The number of hydrogen-bond donors (Lipinski definition) is 3. The van der Waals surface area contributed by atoms with Crippen LogP contribution >= 0.6 is 7.82 Å². The molecule has 0 aliphatic rings. The number of carbonyl (C=O) groups excluding carboxylic acids is 2. The summed E-state index contributed by atoms with van der Waals surface area (Å²) in [5.41, 5.74) is 5.32. The highest BCUT2D eigenvalue weighted by molar-refractivity contribution is 7.47. The van der Waals surface area contributed by atoms with Crippen LogP contribution in [0.1, 0.15) is 181 Å². The molecule has 0 amide bonds. The molecule has 4 N–H and O–H groups in total. The highest BCUT2D eigenvalue weighted by Crippen LogP contribution is 2.43. The van der Waals surface area contributed by atoms with Gasteiger partial charge >= 0.3 is 25.7 Å². The number of esters is 2. The van der Waals surface area contributed by atoms with Gasteiger partial charge in [-0.3, -0.25) is 23.4 Å². The molecule has 0 rings (SSSR count). The van der Waals surface area contributed by atoms with E-state index >= 15 is 0 Å². The molecule has 3 atom stereocenters. The highest BCUT2D eigenvalue weighted by atomic mass is 31.2. The number of ether oxygens (including phenoxy) is 2. The predicted octanol–water partition coefficient (Wildman–Crippen LogP) is 10.3. The average Bonchev–Trinajstić information content (AvgIpc) is 3.12. The zero-order chi connectivity index (χ0) is 38.5. The molecule has 0 spiro atoms. The summed E-state index contributed by atoms with van der Waals surface area (Å²) in [5, 5.41) is 8.87. The van der Waals surface area contributed by atoms with E-state index in [1.54, 1.807) is 0 Å². The molecule has 0 radical (unpaired) electrons. The maximum absolute atomic E-state index is 12.6. The topological polar surface area (TPSA) is 172 Å². The van der Waals surface area contributed by atoms with E-state index < -0.39 is 51.1 Å². The molecule has 304 valence electrons. The lowest BCUT2D eigenvalue weighted by atomic mass is 10.0. The Bertz CT molecular complexity index is 989. The fraction of sp³-hybridized carbons (Fsp3) is 0.825. The van der Waals surface area contributed by atoms with Crippen molar-refractivity contribution in [1.82, 2.24) is 0 Å². The molecule has 0 aromatic carbocycles. The van der Waals surface area contributed by atoms with Crippen molar-refractivity contribution in [2.24, 2.45) is 5.73 Å². The van der Waals surface area contributed by atoms with E-state index in [0.717, 1.165) is 64.2 Å². The Balaban J connectivity index is 4.41. The molecule has 0 aromatic rings. The first kappa shape index (κ1) is 50.0. The predicted molar refractivity (Wildman–Crippen MR) is 208 cm³/mol. The van der Waals surface area contributed by atoms with Gasteiger partial charge in [-0.05, 0) is 38.5 Å². The highest BCUT2D eigenvalue weighted by Gasteiger charge is 2.28. The minimum atomic E-state index is -4.71. The summed E-state index contributed by atoms with van der Waals surface area (Å²) in [6, 6.07) is -1.52. The van der Waals surface area contributed by atoms with Crippen LogP contribution in [0.3, 0.4) is 0 Å². The summed E-state index contributed by atoms with van der Waals surface area (Å²) >= 11 is 0. The van der Waals surface area contributed by atoms with Crippen LogP contribution in [-0.4, -0.2) is 59.9 Å². The first-order valence-corrected chi connectivity index (χ1v) is 21.9. The zero-order valence-corrected chi connectivity index (χ0v) is 33.5. The summed E-state index contributed by atoms with van der Waals surface area (Å²) in [6.45, 7) is 2.74. The molecule has 0 heterocycles. The van der Waals surface area contributed by atoms with E-state index in [1.807, 2.05) is 0 Å². The number of carbonyl (C=O) groups is 3. The van der Waals surface area contributed by atoms with Gasteiger partial charge in [-0.1, -0.05) is 154 Å². The van der Waals surface area contributed by atoms with Crippen LogP contribution in [-0.2, 0) is 37.5 Å². The van der Waals surface area contributed by atoms with Gasteiger partial charge in [-0.25, -0.2) is 4.57 Å². The lowest BCUT2D eigenvalue weighted by Gasteiger charge is -2.20. The van der Waals surface area contributed by atoms with Gasteiger partial charge in [-0.15, -0.1) is 0 Å². The smallest absolute Gasteiger partial charge is 0.472 e. The third-order valence-electron chi connectivity index (χ3n) is 8.70. The van der Waals surface area contributed by atoms with Crippen LogP contribution in [0.25, 0.3) is 0 Å². The minimum absolute atomic E-state index is 0.147. The summed E-state index contributed by atoms with van der Waals surface area (Å²) in [6.07, 6.45) is 35.2. The van der Waals surface area contributed by atoms with Crippen molar-refractivity contribution < 1.29 is 47.5 Å². The lowest BCUT2D eigenvalue weighted by Crippen LogP contribution is -2.34. The van der Waals surface area contributed by atoms with Crippen LogP contribution in [0, 0.1) is 0 Å². The summed E-state index contributed by atoms with van der Waals surface area (Å²) in [5.74, 6) is -2.39. The lowest BCUT2D eigenvalue weighted by molar-refractivity contribution is -0.161. The summed E-state index contributed by atoms with van der Waals surface area (Å²) < 4.78 is 32.6. The number of carboxylic acid groups (broad SMARTS) is 1. The van der Waals surface area contributed by atoms with Crippen molar-refractivity contribution in [3.05, 3.63) is 24.3 Å². The Kier molecular flexibility index (Phi) is 34.6. The quantitative estimate of drug-likeness (QED) is 0.0237. The number of allylic oxidation sites excluding steroid dienone is 4. The molecule has 0 bridgehead atoms. The molecule has 0 saturated heterocycles. The van der Waals surface area contributed by atoms with Gasteiger partial charge in [-0.2, -0.15) is 0 Å². The monoisotopic (exact) mass is 760 g/mol. The molecule has 0 aliphatic carbocycles. The molecule has 0 aliphatic heterocycles. The number of nitrogens with two attached hydrogens (primary N) is 1. The minimum Gasteiger partial charge on any atom is -0.480 e. The Labute approximate surface area is 315 Å². The van der Waals surface area contributed by atoms with Crippen molar-refractivity contribution in [2.75, 3.05) is 19.8 Å². The SMILES string of the molecule is CCCC/C=C/C/C=C/CCCCCCCC(=O)O[C@H](COC(=O)CCCCCCCCCCCCCCCC)COP(=O)(O)OC[C@H](N)C(=O)O. The van der Waals surface area contributed by atoms with E-state index in [2.05, 4.69) is 42.7 Å². The zero-order valence-electron chi connectivity index (χ0n) is 32.7. The second-order valence-electron chi connectivity index (χ2n) is 13.8. The van der Waals surface area contributed by atoms with Gasteiger partial charge < -0.3 is 25.2 Å². The molecular formula is C40H74NO10P. The second-order valence-corrected chi connectivity index (χ2v) is 15.2. The van der Waals surface area contributed by atoms with Gasteiger partial charge in [0, 0.05) is 12.8 Å². The first-order chi connectivity index (χ1) is 25.1. The standard InChI is InChI=1S/C40H74NO10P/c1-3-5-7-9-11-13-15-17-19-21-23-25-27-29-31-38(42)48-33-36(34-49-52(46,47)50-35-37(41)40(44)45)51-39(43)32-30-28-26-24-22-20-18-16-14-12-10-8-6-4-2/h10,12,16,18,36-37H,3-9,11,13-15,17,19-35,41H2,1-2H3,(H,44,45)(H,46,47)/b12-10+,18-16+/t36-,37+/m1/s1. The summed E-state index contributed by atoms with van der Waals surface area (Å²) in [4.78, 5) is 45.8. The second kappa shape index (κ2) is 36.0. The van der Waals surface area contributed by atoms with E-state index in [1.165, 1.54) is 77.0 Å². The van der Waals surface area contributed by atoms with Crippen molar-refractivity contribution in [2.45, 2.75) is 193 Å². The average molecular weight is 760 g/mol. The third-order valence-corrected chi connectivity index (χ3v) is 9.65. The van der Waals surface area contributed by atoms with Crippen molar-refractivity contribution in [3.8, 4) is 0 Å². The van der Waals surface area contributed by atoms with Crippen molar-refractivity contribution in [3.63, 3.8) is 0 Å². The third kappa shape index (κ3) is 35.0. The molecule has 12 heteroatoms. The molecule has 11 nitrogen and oxygen atoms in total. The maximum atomic E-state index is 12.6. The molecule has 52 heavy (non-hydrogen) atoms. The molecule has 0 fully saturated rings. The molecule has 0 aromatic heterocycles. The normalized spacial score (nSPS) is 14.1. The van der Waals surface area contributed by atoms with Crippen molar-refractivity contribution in [1.29, 1.82) is 0 Å². The number of carboxylic acids is 1. The van der Waals surface area contributed by atoms with Gasteiger partial charge in [0.25, 0.3) is 0 Å². The van der Waals surface area contributed by atoms with E-state index in [-0.39, 0.29) is 19.4 Å². The molecule has 0 saturated carbocycles. The van der Waals surface area contributed by atoms with Crippen molar-refractivity contribution >= 4 is 25.7 Å². The number of hydrogen-bond acceptors (Lipinski definition) is 9. The Morgan fingerprint density at radius 2 is 1.04 bits per heavy atom. The Morgan fingerprint density at radius 3 is 1.56 bits per heavy atom. The van der Waals surface area contributed by atoms with E-state index in [0.29, 0.717) is 12.8 Å². The number of aliphatic carboxylic acids is 1. The van der Waals surface area contributed by atoms with Gasteiger partial charge in [0.05, 0.1) is 13.2 Å². The van der Waals surface area contributed by atoms with Crippen LogP contribution in [0.4, 0.5) is 0 Å². The van der Waals surface area contributed by atoms with Crippen LogP contribution < -0.4 is 5.73 Å². The fourth-order valence-electron chi connectivity index (χ4n) is 5.43. The number of phosphoric acid groups is 1. The van der Waals surface area contributed by atoms with Crippen LogP contribution in [0.2, 0.25) is 0 Å². The first-order valence-electron chi connectivity index (χ1n) is 20.4. The van der Waals surface area contributed by atoms with Gasteiger partial charge in [0.1, 0.15) is 12.6 Å².